The molecular weight excluding hydrogens is 736 g/mol. The van der Waals surface area contributed by atoms with Gasteiger partial charge in [0, 0.05) is 57.1 Å². The van der Waals surface area contributed by atoms with Gasteiger partial charge in [0.2, 0.25) is 15.9 Å². The molecule has 0 bridgehead atoms. The number of pyridine rings is 1. The van der Waals surface area contributed by atoms with Crippen molar-refractivity contribution >= 4 is 33.4 Å². The molecule has 2 aliphatic rings. The van der Waals surface area contributed by atoms with Gasteiger partial charge in [-0.2, -0.15) is 13.2 Å². The van der Waals surface area contributed by atoms with Crippen molar-refractivity contribution in [3.8, 4) is 11.6 Å². The number of amides is 2. The summed E-state index contributed by atoms with van der Waals surface area (Å²) < 4.78 is 79.4. The summed E-state index contributed by atoms with van der Waals surface area (Å²) in [5.41, 5.74) is 1.44. The van der Waals surface area contributed by atoms with Gasteiger partial charge in [-0.15, -0.1) is 0 Å². The Labute approximate surface area is 319 Å². The largest absolute Gasteiger partial charge is 0.444 e. The third-order valence-electron chi connectivity index (χ3n) is 9.40. The monoisotopic (exact) mass is 779 g/mol. The molecule has 0 aliphatic carbocycles. The molecule has 0 saturated carbocycles. The van der Waals surface area contributed by atoms with Gasteiger partial charge < -0.3 is 24.2 Å². The van der Waals surface area contributed by atoms with Crippen LogP contribution in [0.15, 0.2) is 91.1 Å². The van der Waals surface area contributed by atoms with Crippen LogP contribution in [0.1, 0.15) is 66.6 Å². The van der Waals surface area contributed by atoms with Crippen LogP contribution in [0.3, 0.4) is 0 Å². The van der Waals surface area contributed by atoms with E-state index in [4.69, 9.17) is 9.47 Å². The maximum absolute atomic E-state index is 13.9. The Balaban J connectivity index is 1.11. The number of likely N-dealkylation sites (tertiary alicyclic amines) is 1. The van der Waals surface area contributed by atoms with Crippen molar-refractivity contribution < 1.29 is 40.7 Å². The number of hydrogen-bond donors (Lipinski definition) is 1. The minimum atomic E-state index is -4.48. The molecule has 15 heteroatoms. The Kier molecular flexibility index (Phi) is 11.6. The third kappa shape index (κ3) is 10.5. The molecule has 4 aromatic rings. The summed E-state index contributed by atoms with van der Waals surface area (Å²) >= 11 is 0. The normalized spacial score (nSPS) is 15.8. The zero-order chi connectivity index (χ0) is 39.4. The Morgan fingerprint density at radius 1 is 0.836 bits per heavy atom. The van der Waals surface area contributed by atoms with Crippen LogP contribution in [0.25, 0.3) is 0 Å². The number of halogens is 3. The van der Waals surface area contributed by atoms with Crippen molar-refractivity contribution in [2.45, 2.75) is 57.1 Å². The molecule has 11 nitrogen and oxygen atoms in total. The van der Waals surface area contributed by atoms with E-state index in [-0.39, 0.29) is 29.1 Å². The van der Waals surface area contributed by atoms with Gasteiger partial charge in [-0.3, -0.25) is 9.52 Å². The zero-order valence-corrected chi connectivity index (χ0v) is 31.7. The molecule has 3 aromatic carbocycles. The Morgan fingerprint density at radius 3 is 2.11 bits per heavy atom. The lowest BCUT2D eigenvalue weighted by Gasteiger charge is -2.37. The molecule has 0 unspecified atom stereocenters. The molecule has 2 amide bonds. The maximum Gasteiger partial charge on any atom is 0.417 e. The summed E-state index contributed by atoms with van der Waals surface area (Å²) in [7, 11) is -3.87. The van der Waals surface area contributed by atoms with E-state index in [0.717, 1.165) is 17.8 Å². The van der Waals surface area contributed by atoms with Crippen LogP contribution in [0.2, 0.25) is 0 Å². The minimum Gasteiger partial charge on any atom is -0.444 e. The molecule has 6 rings (SSSR count). The number of piperidine rings is 1. The summed E-state index contributed by atoms with van der Waals surface area (Å²) in [4.78, 5) is 35.7. The summed E-state index contributed by atoms with van der Waals surface area (Å²) in [6.45, 7) is 8.05. The van der Waals surface area contributed by atoms with E-state index in [2.05, 4.69) is 9.71 Å². The van der Waals surface area contributed by atoms with Gasteiger partial charge in [0.25, 0.3) is 5.91 Å². The molecule has 1 aromatic heterocycles. The molecule has 1 N–H and O–H groups in total. The summed E-state index contributed by atoms with van der Waals surface area (Å²) in [5, 5.41) is 0. The molecule has 2 aliphatic heterocycles. The first-order chi connectivity index (χ1) is 26.0. The second-order valence-corrected chi connectivity index (χ2v) is 16.4. The Bertz CT molecular complexity index is 2060. The number of rotatable bonds is 9. The quantitative estimate of drug-likeness (QED) is 0.182. The van der Waals surface area contributed by atoms with Crippen molar-refractivity contribution in [3.63, 3.8) is 0 Å². The maximum atomic E-state index is 13.9. The highest BCUT2D eigenvalue weighted by Gasteiger charge is 2.31. The van der Waals surface area contributed by atoms with Gasteiger partial charge in [-0.25, -0.2) is 18.2 Å². The number of nitrogens with zero attached hydrogens (tertiary/aromatic N) is 4. The number of piperazine rings is 1. The molecule has 3 heterocycles. The van der Waals surface area contributed by atoms with Crippen molar-refractivity contribution in [3.05, 3.63) is 113 Å². The summed E-state index contributed by atoms with van der Waals surface area (Å²) in [6.07, 6.45) is -2.75. The lowest BCUT2D eigenvalue weighted by atomic mass is 9.89. The van der Waals surface area contributed by atoms with Gasteiger partial charge in [-0.1, -0.05) is 42.5 Å². The first-order valence-electron chi connectivity index (χ1n) is 18.0. The van der Waals surface area contributed by atoms with Gasteiger partial charge in [0.1, 0.15) is 11.4 Å². The standard InChI is InChI=1S/C40H44F3N5O6S/c1-39(2,3)54-38(50)48-23-21-46(22-24-48)35-15-11-31(25-34(35)45-55(51,52)27-28-7-5-4-6-8-28)37(49)47-19-17-30(18-20-47)29-9-13-33(14-10-29)53-36-16-12-32(26-44-36)40(41,42)43/h4-16,25-26,30,45H,17-24,27H2,1-3H3. The molecule has 2 saturated heterocycles. The SMILES string of the molecule is CC(C)(C)OC(=O)N1CCN(c2ccc(C(=O)N3CCC(c4ccc(Oc5ccc(C(F)(F)F)cn5)cc4)CC3)cc2NS(=O)(=O)Cc2ccccc2)CC1. The first-order valence-corrected chi connectivity index (χ1v) is 19.7. The summed E-state index contributed by atoms with van der Waals surface area (Å²) in [6, 6.07) is 23.3. The van der Waals surface area contributed by atoms with Crippen molar-refractivity contribution in [2.75, 3.05) is 48.9 Å². The molecule has 0 radical (unpaired) electrons. The number of carbonyl (C=O) groups excluding carboxylic acids is 2. The van der Waals surface area contributed by atoms with Gasteiger partial charge in [-0.05, 0) is 87.1 Å². The fraction of sp³-hybridized carbons (Fsp3) is 0.375. The number of alkyl halides is 3. The average molecular weight is 780 g/mol. The van der Waals surface area contributed by atoms with Gasteiger partial charge in [0.15, 0.2) is 0 Å². The second-order valence-electron chi connectivity index (χ2n) is 14.7. The number of aromatic nitrogens is 1. The molecule has 0 atom stereocenters. The predicted molar refractivity (Wildman–Crippen MR) is 203 cm³/mol. The minimum absolute atomic E-state index is 0.0496. The van der Waals surface area contributed by atoms with Crippen LogP contribution in [0, 0.1) is 0 Å². The number of sulfonamides is 1. The molecule has 55 heavy (non-hydrogen) atoms. The Morgan fingerprint density at radius 2 is 1.51 bits per heavy atom. The fourth-order valence-corrected chi connectivity index (χ4v) is 7.82. The molecule has 0 spiro atoms. The van der Waals surface area contributed by atoms with Crippen LogP contribution < -0.4 is 14.4 Å². The van der Waals surface area contributed by atoms with E-state index < -0.39 is 33.5 Å². The lowest BCUT2D eigenvalue weighted by molar-refractivity contribution is -0.137. The Hall–Kier alpha value is -5.31. The second kappa shape index (κ2) is 16.2. The topological polar surface area (TPSA) is 121 Å². The highest BCUT2D eigenvalue weighted by atomic mass is 32.2. The van der Waals surface area contributed by atoms with Crippen LogP contribution in [-0.2, 0) is 26.7 Å². The number of benzene rings is 3. The van der Waals surface area contributed by atoms with Crippen molar-refractivity contribution in [1.29, 1.82) is 0 Å². The molecule has 2 fully saturated rings. The lowest BCUT2D eigenvalue weighted by Crippen LogP contribution is -2.50. The van der Waals surface area contributed by atoms with Crippen LogP contribution in [0.4, 0.5) is 29.3 Å². The molecule has 292 valence electrons. The van der Waals surface area contributed by atoms with Crippen LogP contribution in [0.5, 0.6) is 11.6 Å². The van der Waals surface area contributed by atoms with Crippen molar-refractivity contribution in [1.82, 2.24) is 14.8 Å². The predicted octanol–water partition coefficient (Wildman–Crippen LogP) is 7.91. The fourth-order valence-electron chi connectivity index (χ4n) is 6.62. The number of ether oxygens (including phenoxy) is 2. The van der Waals surface area contributed by atoms with E-state index >= 15 is 0 Å². The van der Waals surface area contributed by atoms with Gasteiger partial charge >= 0.3 is 12.3 Å². The van der Waals surface area contributed by atoms with Crippen LogP contribution in [-0.4, -0.2) is 80.1 Å². The third-order valence-corrected chi connectivity index (χ3v) is 10.6. The number of nitrogens with one attached hydrogen (secondary N) is 1. The smallest absolute Gasteiger partial charge is 0.417 e. The van der Waals surface area contributed by atoms with Crippen molar-refractivity contribution in [2.24, 2.45) is 0 Å². The first kappa shape index (κ1) is 39.4. The number of hydrogen-bond acceptors (Lipinski definition) is 8. The van der Waals surface area contributed by atoms with Crippen LogP contribution >= 0.6 is 0 Å². The van der Waals surface area contributed by atoms with E-state index in [1.54, 1.807) is 64.4 Å². The summed E-state index contributed by atoms with van der Waals surface area (Å²) in [5.74, 6) is 0.200. The molecular formula is C40H44F3N5O6S. The van der Waals surface area contributed by atoms with E-state index in [9.17, 15) is 31.2 Å². The number of carbonyl (C=O) groups is 2. The van der Waals surface area contributed by atoms with Gasteiger partial charge in [0.05, 0.1) is 22.7 Å². The zero-order valence-electron chi connectivity index (χ0n) is 30.9. The highest BCUT2D eigenvalue weighted by Crippen LogP contribution is 2.34. The van der Waals surface area contributed by atoms with E-state index in [0.29, 0.717) is 74.7 Å². The average Bonchev–Trinajstić information content (AvgIpc) is 3.14. The number of anilines is 2. The van der Waals surface area contributed by atoms with E-state index in [1.165, 1.54) is 6.07 Å². The van der Waals surface area contributed by atoms with E-state index in [1.807, 2.05) is 43.9 Å². The highest BCUT2D eigenvalue weighted by molar-refractivity contribution is 7.91.